The molecule has 1 N–H and O–H groups in total. The number of benzene rings is 1. The molecule has 1 aliphatic carbocycles. The van der Waals surface area contributed by atoms with Gasteiger partial charge in [0.2, 0.25) is 5.89 Å². The van der Waals surface area contributed by atoms with E-state index in [0.29, 0.717) is 37.8 Å². The lowest BCUT2D eigenvalue weighted by Gasteiger charge is -2.36. The van der Waals surface area contributed by atoms with Crippen LogP contribution in [-0.2, 0) is 11.2 Å². The highest BCUT2D eigenvalue weighted by Crippen LogP contribution is 2.29. The number of rotatable bonds is 7. The zero-order chi connectivity index (χ0) is 18.8. The fraction of sp³-hybridized carbons (Fsp3) is 0.550. The molecule has 0 unspecified atom stereocenters. The highest BCUT2D eigenvalue weighted by atomic mass is 16.5. The van der Waals surface area contributed by atoms with Gasteiger partial charge in [-0.1, -0.05) is 11.2 Å². The van der Waals surface area contributed by atoms with E-state index in [-0.39, 0.29) is 11.9 Å². The highest BCUT2D eigenvalue weighted by molar-refractivity contribution is 5.90. The third-order valence-electron chi connectivity index (χ3n) is 5.28. The molecule has 2 amide bonds. The van der Waals surface area contributed by atoms with Gasteiger partial charge in [-0.2, -0.15) is 4.98 Å². The topological polar surface area (TPSA) is 80.5 Å². The van der Waals surface area contributed by atoms with E-state index in [1.54, 1.807) is 4.90 Å². The maximum Gasteiger partial charge on any atom is 0.321 e. The molecule has 1 saturated carbocycles. The largest absolute Gasteiger partial charge is 0.381 e. The number of amides is 2. The molecule has 2 fully saturated rings. The molecule has 0 radical (unpaired) electrons. The number of aryl methyl sites for hydroxylation is 2. The summed E-state index contributed by atoms with van der Waals surface area (Å²) in [6.07, 6.45) is 3.25. The van der Waals surface area contributed by atoms with Gasteiger partial charge in [-0.05, 0) is 55.9 Å². The smallest absolute Gasteiger partial charge is 0.321 e. The Morgan fingerprint density at radius 2 is 2.11 bits per heavy atom. The average Bonchev–Trinajstić information content (AvgIpc) is 3.31. The summed E-state index contributed by atoms with van der Waals surface area (Å²) in [5, 5.41) is 6.96. The first-order valence-electron chi connectivity index (χ1n) is 9.62. The van der Waals surface area contributed by atoms with Crippen LogP contribution in [0.1, 0.15) is 41.6 Å². The zero-order valence-corrected chi connectivity index (χ0v) is 15.9. The van der Waals surface area contributed by atoms with E-state index in [9.17, 15) is 4.79 Å². The lowest BCUT2D eigenvalue weighted by Crippen LogP contribution is -2.50. The Morgan fingerprint density at radius 3 is 2.85 bits per heavy atom. The number of hydrogen-bond donors (Lipinski definition) is 1. The Hall–Kier alpha value is -2.41. The van der Waals surface area contributed by atoms with Crippen LogP contribution in [0.15, 0.2) is 22.7 Å². The molecule has 2 aliphatic rings. The normalized spacial score (nSPS) is 17.0. The average molecular weight is 370 g/mol. The molecule has 0 atom stereocenters. The van der Waals surface area contributed by atoms with Gasteiger partial charge < -0.3 is 19.5 Å². The van der Waals surface area contributed by atoms with E-state index >= 15 is 0 Å². The third kappa shape index (κ3) is 4.47. The second-order valence-electron chi connectivity index (χ2n) is 7.65. The first-order chi connectivity index (χ1) is 13.1. The van der Waals surface area contributed by atoms with Crippen LogP contribution in [0.2, 0.25) is 0 Å². The molecule has 0 bridgehead atoms. The van der Waals surface area contributed by atoms with Crippen LogP contribution in [0.25, 0.3) is 0 Å². The van der Waals surface area contributed by atoms with Crippen molar-refractivity contribution in [1.29, 1.82) is 0 Å². The summed E-state index contributed by atoms with van der Waals surface area (Å²) in [6.45, 7) is 6.75. The van der Waals surface area contributed by atoms with E-state index in [4.69, 9.17) is 9.26 Å². The summed E-state index contributed by atoms with van der Waals surface area (Å²) >= 11 is 0. The van der Waals surface area contributed by atoms with Gasteiger partial charge in [0, 0.05) is 31.8 Å². The number of urea groups is 1. The standard InChI is InChI=1S/C20H26N4O3/c1-13-3-6-17(9-14(13)2)21-20(25)24-10-16(11-24)19-22-18(23-27-19)7-8-26-12-15-4-5-15/h3,6,9,15-16H,4-5,7-8,10-12H2,1-2H3,(H,21,25). The molecule has 4 rings (SSSR count). The predicted molar refractivity (Wildman–Crippen MR) is 101 cm³/mol. The SMILES string of the molecule is Cc1ccc(NC(=O)N2CC(c3nc(CCOCC4CC4)no3)C2)cc1C. The zero-order valence-electron chi connectivity index (χ0n) is 15.9. The Morgan fingerprint density at radius 1 is 1.30 bits per heavy atom. The van der Waals surface area contributed by atoms with E-state index in [1.807, 2.05) is 25.1 Å². The number of nitrogens with zero attached hydrogens (tertiary/aromatic N) is 3. The van der Waals surface area contributed by atoms with Gasteiger partial charge in [-0.25, -0.2) is 4.79 Å². The first-order valence-corrected chi connectivity index (χ1v) is 9.62. The maximum atomic E-state index is 12.3. The lowest BCUT2D eigenvalue weighted by molar-refractivity contribution is 0.125. The van der Waals surface area contributed by atoms with Crippen LogP contribution in [0.5, 0.6) is 0 Å². The first kappa shape index (κ1) is 18.0. The number of hydrogen-bond acceptors (Lipinski definition) is 5. The summed E-state index contributed by atoms with van der Waals surface area (Å²) in [7, 11) is 0. The van der Waals surface area contributed by atoms with Crippen LogP contribution in [0.3, 0.4) is 0 Å². The molecule has 2 aromatic rings. The van der Waals surface area contributed by atoms with E-state index in [2.05, 4.69) is 22.4 Å². The molecule has 1 aliphatic heterocycles. The summed E-state index contributed by atoms with van der Waals surface area (Å²) in [5.74, 6) is 2.17. The molecule has 1 aromatic heterocycles. The van der Waals surface area contributed by atoms with Crippen molar-refractivity contribution < 1.29 is 14.1 Å². The second kappa shape index (κ2) is 7.68. The van der Waals surface area contributed by atoms with Crippen LogP contribution >= 0.6 is 0 Å². The number of ether oxygens (including phenoxy) is 1. The van der Waals surface area contributed by atoms with Crippen molar-refractivity contribution in [1.82, 2.24) is 15.0 Å². The minimum Gasteiger partial charge on any atom is -0.381 e. The van der Waals surface area contributed by atoms with E-state index in [0.717, 1.165) is 23.8 Å². The number of carbonyl (C=O) groups excluding carboxylic acids is 1. The van der Waals surface area contributed by atoms with Gasteiger partial charge in [0.05, 0.1) is 12.5 Å². The Labute approximate surface area is 159 Å². The molecule has 0 spiro atoms. The fourth-order valence-electron chi connectivity index (χ4n) is 3.06. The van der Waals surface area contributed by atoms with Gasteiger partial charge >= 0.3 is 6.03 Å². The summed E-state index contributed by atoms with van der Waals surface area (Å²) in [6, 6.07) is 5.83. The molecular weight excluding hydrogens is 344 g/mol. The van der Waals surface area contributed by atoms with Crippen LogP contribution in [0.4, 0.5) is 10.5 Å². The van der Waals surface area contributed by atoms with Crippen molar-refractivity contribution in [2.24, 2.45) is 5.92 Å². The van der Waals surface area contributed by atoms with E-state index in [1.165, 1.54) is 18.4 Å². The van der Waals surface area contributed by atoms with Gasteiger partial charge in [0.15, 0.2) is 5.82 Å². The number of aromatic nitrogens is 2. The lowest BCUT2D eigenvalue weighted by atomic mass is 10.0. The van der Waals surface area contributed by atoms with Crippen LogP contribution in [0, 0.1) is 19.8 Å². The number of anilines is 1. The van der Waals surface area contributed by atoms with Gasteiger partial charge in [-0.15, -0.1) is 0 Å². The maximum absolute atomic E-state index is 12.3. The minimum atomic E-state index is -0.0947. The molecule has 1 saturated heterocycles. The van der Waals surface area contributed by atoms with Crippen LogP contribution < -0.4 is 5.32 Å². The minimum absolute atomic E-state index is 0.0947. The van der Waals surface area contributed by atoms with Crippen molar-refractivity contribution in [3.8, 4) is 0 Å². The summed E-state index contributed by atoms with van der Waals surface area (Å²) in [4.78, 5) is 18.5. The van der Waals surface area contributed by atoms with Gasteiger partial charge in [-0.3, -0.25) is 0 Å². The monoisotopic (exact) mass is 370 g/mol. The summed E-state index contributed by atoms with van der Waals surface area (Å²) in [5.41, 5.74) is 3.19. The van der Waals surface area contributed by atoms with Crippen molar-refractivity contribution in [2.45, 2.75) is 39.0 Å². The Kier molecular flexibility index (Phi) is 5.11. The molecule has 7 nitrogen and oxygen atoms in total. The fourth-order valence-corrected chi connectivity index (χ4v) is 3.06. The van der Waals surface area contributed by atoms with Gasteiger partial charge in [0.25, 0.3) is 0 Å². The summed E-state index contributed by atoms with van der Waals surface area (Å²) < 4.78 is 11.0. The Bertz CT molecular complexity index is 809. The molecule has 1 aromatic carbocycles. The molecule has 2 heterocycles. The highest BCUT2D eigenvalue weighted by Gasteiger charge is 2.35. The quantitative estimate of drug-likeness (QED) is 0.757. The molecular formula is C20H26N4O3. The van der Waals surface area contributed by atoms with E-state index < -0.39 is 0 Å². The third-order valence-corrected chi connectivity index (χ3v) is 5.28. The van der Waals surface area contributed by atoms with Gasteiger partial charge in [0.1, 0.15) is 0 Å². The van der Waals surface area contributed by atoms with Crippen molar-refractivity contribution >= 4 is 11.7 Å². The number of carbonyl (C=O) groups is 1. The Balaban J connectivity index is 1.21. The molecule has 27 heavy (non-hydrogen) atoms. The molecule has 144 valence electrons. The van der Waals surface area contributed by atoms with Crippen molar-refractivity contribution in [3.05, 3.63) is 41.0 Å². The second-order valence-corrected chi connectivity index (χ2v) is 7.65. The van der Waals surface area contributed by atoms with Crippen molar-refractivity contribution in [3.63, 3.8) is 0 Å². The van der Waals surface area contributed by atoms with Crippen molar-refractivity contribution in [2.75, 3.05) is 31.6 Å². The predicted octanol–water partition coefficient (Wildman–Crippen LogP) is 3.29. The number of nitrogens with one attached hydrogen (secondary N) is 1. The number of likely N-dealkylation sites (tertiary alicyclic amines) is 1. The van der Waals surface area contributed by atoms with Crippen LogP contribution in [-0.4, -0.2) is 47.4 Å². The molecule has 7 heteroatoms.